The van der Waals surface area contributed by atoms with E-state index in [0.29, 0.717) is 0 Å². The maximum absolute atomic E-state index is 5.25. The van der Waals surface area contributed by atoms with Crippen molar-refractivity contribution < 1.29 is 0 Å². The summed E-state index contributed by atoms with van der Waals surface area (Å²) in [5, 5.41) is 2.73. The van der Waals surface area contributed by atoms with Gasteiger partial charge >= 0.3 is 0 Å². The van der Waals surface area contributed by atoms with Gasteiger partial charge in [-0.3, -0.25) is 5.32 Å². The summed E-state index contributed by atoms with van der Waals surface area (Å²) in [6.07, 6.45) is -0.0764. The number of rotatable bonds is 2. The minimum atomic E-state index is -0.306. The first kappa shape index (κ1) is 7.23. The van der Waals surface area contributed by atoms with Gasteiger partial charge in [0.15, 0.2) is 0 Å². The second-order valence-corrected chi connectivity index (χ2v) is 1.96. The number of nitrogens with one attached hydrogen (secondary N) is 1. The molecule has 2 atom stereocenters. The van der Waals surface area contributed by atoms with Crippen molar-refractivity contribution in [2.75, 3.05) is 0 Å². The van der Waals surface area contributed by atoms with Crippen LogP contribution in [0, 0.1) is 0 Å². The van der Waals surface area contributed by atoms with Crippen LogP contribution in [0.3, 0.4) is 0 Å². The third-order valence-electron chi connectivity index (χ3n) is 0.434. The summed E-state index contributed by atoms with van der Waals surface area (Å²) in [7, 11) is 0. The lowest BCUT2D eigenvalue weighted by Crippen LogP contribution is -2.43. The van der Waals surface area contributed by atoms with Crippen LogP contribution in [0.5, 0.6) is 0 Å². The van der Waals surface area contributed by atoms with Crippen molar-refractivity contribution >= 4 is 12.6 Å². The summed E-state index contributed by atoms with van der Waals surface area (Å²) in [6.45, 7) is 1.80. The maximum atomic E-state index is 5.25. The van der Waals surface area contributed by atoms with E-state index in [1.54, 1.807) is 6.92 Å². The number of hydrogen-bond donors (Lipinski definition) is 4. The quantitative estimate of drug-likeness (QED) is 0.281. The molecule has 0 aromatic rings. The number of thiol groups is 1. The molecule has 0 bridgehead atoms. The molecular weight excluding hydrogens is 110 g/mol. The predicted octanol–water partition coefficient (Wildman–Crippen LogP) is -0.947. The fraction of sp³-hybridized carbons (Fsp3) is 1.00. The van der Waals surface area contributed by atoms with Crippen molar-refractivity contribution in [3.63, 3.8) is 0 Å². The van der Waals surface area contributed by atoms with E-state index >= 15 is 0 Å². The summed E-state index contributed by atoms with van der Waals surface area (Å²) in [5.74, 6) is 0. The molecule has 0 aliphatic heterocycles. The molecule has 0 aromatic carbocycles. The maximum Gasteiger partial charge on any atom is 0.101 e. The lowest BCUT2D eigenvalue weighted by atomic mass is 10.6. The van der Waals surface area contributed by atoms with Crippen LogP contribution in [-0.2, 0) is 0 Å². The molecule has 3 nitrogen and oxygen atoms in total. The van der Waals surface area contributed by atoms with Gasteiger partial charge in [0.25, 0.3) is 0 Å². The summed E-state index contributed by atoms with van der Waals surface area (Å²) in [5.41, 5.74) is 10.1. The minimum absolute atomic E-state index is 0.0764. The van der Waals surface area contributed by atoms with Crippen molar-refractivity contribution in [1.82, 2.24) is 5.32 Å². The van der Waals surface area contributed by atoms with Crippen molar-refractivity contribution in [2.24, 2.45) is 11.5 Å². The summed E-state index contributed by atoms with van der Waals surface area (Å²) in [6, 6.07) is 0. The van der Waals surface area contributed by atoms with E-state index in [2.05, 4.69) is 17.9 Å². The normalized spacial score (nSPS) is 18.9. The van der Waals surface area contributed by atoms with Gasteiger partial charge in [-0.15, -0.1) is 12.6 Å². The Bertz CT molecular complexity index is 39.4. The molecule has 0 aromatic heterocycles. The molecule has 0 saturated heterocycles. The zero-order valence-electron chi connectivity index (χ0n) is 4.26. The predicted molar refractivity (Wildman–Crippen MR) is 33.7 cm³/mol. The highest BCUT2D eigenvalue weighted by molar-refractivity contribution is 7.80. The topological polar surface area (TPSA) is 64.1 Å². The zero-order chi connectivity index (χ0) is 5.86. The SMILES string of the molecule is CC(N)NC(N)S. The number of hydrogen-bond acceptors (Lipinski definition) is 4. The second-order valence-electron chi connectivity index (χ2n) is 1.40. The standard InChI is InChI=1S/C3H11N3S/c1-2(4)6-3(5)7/h2-3,6-7H,4-5H2,1H3. The van der Waals surface area contributed by atoms with E-state index in [9.17, 15) is 0 Å². The van der Waals surface area contributed by atoms with Crippen LogP contribution in [0.2, 0.25) is 0 Å². The van der Waals surface area contributed by atoms with Gasteiger partial charge < -0.3 is 11.5 Å². The molecule has 4 heteroatoms. The lowest BCUT2D eigenvalue weighted by Gasteiger charge is -2.09. The highest BCUT2D eigenvalue weighted by Crippen LogP contribution is 1.76. The first-order valence-corrected chi connectivity index (χ1v) is 2.60. The van der Waals surface area contributed by atoms with Crippen molar-refractivity contribution in [1.29, 1.82) is 0 Å². The Morgan fingerprint density at radius 1 is 1.57 bits per heavy atom. The Balaban J connectivity index is 2.95. The molecular formula is C3H11N3S. The Hall–Kier alpha value is 0.230. The van der Waals surface area contributed by atoms with Gasteiger partial charge in [0.1, 0.15) is 5.50 Å². The molecule has 0 aliphatic carbocycles. The molecule has 0 spiro atoms. The van der Waals surface area contributed by atoms with E-state index in [-0.39, 0.29) is 11.7 Å². The van der Waals surface area contributed by atoms with E-state index in [4.69, 9.17) is 11.5 Å². The fourth-order valence-electron chi connectivity index (χ4n) is 0.269. The molecule has 0 heterocycles. The fourth-order valence-corrected chi connectivity index (χ4v) is 0.504. The molecule has 7 heavy (non-hydrogen) atoms. The smallest absolute Gasteiger partial charge is 0.101 e. The van der Waals surface area contributed by atoms with E-state index < -0.39 is 0 Å². The van der Waals surface area contributed by atoms with Crippen LogP contribution in [-0.4, -0.2) is 11.7 Å². The Morgan fingerprint density at radius 3 is 2.00 bits per heavy atom. The third-order valence-corrected chi connectivity index (χ3v) is 0.583. The Kier molecular flexibility index (Phi) is 3.37. The summed E-state index contributed by atoms with van der Waals surface area (Å²) < 4.78 is 0. The van der Waals surface area contributed by atoms with Gasteiger partial charge in [0.2, 0.25) is 0 Å². The average molecular weight is 121 g/mol. The molecule has 44 valence electrons. The molecule has 0 saturated carbocycles. The van der Waals surface area contributed by atoms with Gasteiger partial charge in [0, 0.05) is 0 Å². The van der Waals surface area contributed by atoms with Crippen molar-refractivity contribution in [3.05, 3.63) is 0 Å². The first-order valence-electron chi connectivity index (χ1n) is 2.08. The molecule has 2 unspecified atom stereocenters. The average Bonchev–Trinajstić information content (AvgIpc) is 1.27. The van der Waals surface area contributed by atoms with Crippen LogP contribution in [0.1, 0.15) is 6.92 Å². The van der Waals surface area contributed by atoms with Crippen LogP contribution >= 0.6 is 12.6 Å². The molecule has 0 aliphatic rings. The van der Waals surface area contributed by atoms with E-state index in [1.165, 1.54) is 0 Å². The van der Waals surface area contributed by atoms with Gasteiger partial charge in [0.05, 0.1) is 6.17 Å². The minimum Gasteiger partial charge on any atom is -0.316 e. The van der Waals surface area contributed by atoms with Crippen molar-refractivity contribution in [3.8, 4) is 0 Å². The van der Waals surface area contributed by atoms with Crippen molar-refractivity contribution in [2.45, 2.75) is 18.6 Å². The van der Waals surface area contributed by atoms with E-state index in [0.717, 1.165) is 0 Å². The molecule has 0 rings (SSSR count). The molecule has 0 radical (unpaired) electrons. The van der Waals surface area contributed by atoms with E-state index in [1.807, 2.05) is 0 Å². The summed E-state index contributed by atoms with van der Waals surface area (Å²) >= 11 is 3.82. The Morgan fingerprint density at radius 2 is 2.00 bits per heavy atom. The molecule has 5 N–H and O–H groups in total. The van der Waals surface area contributed by atoms with Gasteiger partial charge in [-0.2, -0.15) is 0 Å². The molecule has 0 amide bonds. The zero-order valence-corrected chi connectivity index (χ0v) is 5.15. The van der Waals surface area contributed by atoms with Crippen LogP contribution in [0.15, 0.2) is 0 Å². The number of nitrogens with two attached hydrogens (primary N) is 2. The largest absolute Gasteiger partial charge is 0.316 e. The third kappa shape index (κ3) is 6.23. The first-order chi connectivity index (χ1) is 3.13. The van der Waals surface area contributed by atoms with Gasteiger partial charge in [-0.05, 0) is 6.92 Å². The van der Waals surface area contributed by atoms with Crippen LogP contribution in [0.25, 0.3) is 0 Å². The Labute approximate surface area is 48.9 Å². The monoisotopic (exact) mass is 121 g/mol. The van der Waals surface area contributed by atoms with Gasteiger partial charge in [-0.1, -0.05) is 0 Å². The summed E-state index contributed by atoms with van der Waals surface area (Å²) in [4.78, 5) is 0. The highest BCUT2D eigenvalue weighted by Gasteiger charge is 1.93. The second kappa shape index (κ2) is 3.26. The molecule has 0 fully saturated rings. The highest BCUT2D eigenvalue weighted by atomic mass is 32.1. The van der Waals surface area contributed by atoms with Crippen LogP contribution in [0.4, 0.5) is 0 Å². The van der Waals surface area contributed by atoms with Crippen LogP contribution < -0.4 is 16.8 Å². The lowest BCUT2D eigenvalue weighted by molar-refractivity contribution is 0.556. The van der Waals surface area contributed by atoms with Gasteiger partial charge in [-0.25, -0.2) is 0 Å².